The number of nitrogens with zero attached hydrogens (tertiary/aromatic N) is 4. The Kier molecular flexibility index (Phi) is 12.9. The van der Waals surface area contributed by atoms with Crippen LogP contribution in [-0.2, 0) is 22.7 Å². The molecular formula is C10H15N5Na3O10P2. The molecule has 0 bridgehead atoms. The summed E-state index contributed by atoms with van der Waals surface area (Å²) in [7, 11) is -10.4. The van der Waals surface area contributed by atoms with Gasteiger partial charge in [-0.1, -0.05) is 0 Å². The van der Waals surface area contributed by atoms with Gasteiger partial charge in [0.15, 0.2) is 17.7 Å². The maximum Gasteiger partial charge on any atom is 0.481 e. The van der Waals surface area contributed by atoms with Gasteiger partial charge in [0.1, 0.15) is 30.2 Å². The van der Waals surface area contributed by atoms with Gasteiger partial charge in [0.05, 0.1) is 12.9 Å². The molecule has 30 heavy (non-hydrogen) atoms. The molecule has 0 amide bonds. The molecule has 0 saturated carbocycles. The molecule has 5 atom stereocenters. The van der Waals surface area contributed by atoms with Crippen molar-refractivity contribution >= 4 is 121 Å². The van der Waals surface area contributed by atoms with E-state index in [4.69, 9.17) is 20.3 Å². The van der Waals surface area contributed by atoms with Crippen molar-refractivity contribution in [2.75, 3.05) is 12.3 Å². The van der Waals surface area contributed by atoms with Gasteiger partial charge in [0.25, 0.3) is 0 Å². The van der Waals surface area contributed by atoms with Crippen LogP contribution in [0.3, 0.4) is 0 Å². The first-order valence-corrected chi connectivity index (χ1v) is 10.2. The second-order valence-electron chi connectivity index (χ2n) is 5.47. The van der Waals surface area contributed by atoms with Crippen molar-refractivity contribution in [2.24, 2.45) is 0 Å². The normalized spacial score (nSPS) is 25.6. The molecule has 0 aliphatic carbocycles. The molecule has 1 aliphatic heterocycles. The second kappa shape index (κ2) is 12.3. The number of aliphatic hydroxyl groups excluding tert-OH is 2. The quantitative estimate of drug-likeness (QED) is 0.174. The van der Waals surface area contributed by atoms with Gasteiger partial charge in [-0.05, 0) is 0 Å². The SMILES string of the molecule is Nc1ncnc2c1ncn2[C@@H]1O[C@H](COP(=O)(O)OP(=O)(O)O)[C@@H](O)[C@H]1O.[Na].[Na].[Na]. The first-order valence-electron chi connectivity index (χ1n) is 7.17. The van der Waals surface area contributed by atoms with Crippen molar-refractivity contribution in [3.63, 3.8) is 0 Å². The van der Waals surface area contributed by atoms with Gasteiger partial charge in [-0.3, -0.25) is 9.09 Å². The van der Waals surface area contributed by atoms with Crippen molar-refractivity contribution in [1.82, 2.24) is 19.5 Å². The van der Waals surface area contributed by atoms with Crippen LogP contribution in [0.25, 0.3) is 11.2 Å². The Labute approximate surface area is 235 Å². The molecule has 153 valence electrons. The number of hydrogen-bond acceptors (Lipinski definition) is 11. The Morgan fingerprint density at radius 3 is 2.33 bits per heavy atom. The van der Waals surface area contributed by atoms with E-state index < -0.39 is 46.8 Å². The van der Waals surface area contributed by atoms with Crippen molar-refractivity contribution in [3.8, 4) is 0 Å². The third-order valence-electron chi connectivity index (χ3n) is 3.61. The van der Waals surface area contributed by atoms with Gasteiger partial charge in [-0.15, -0.1) is 0 Å². The first-order chi connectivity index (χ1) is 12.5. The Balaban J connectivity index is 0.00000280. The monoisotopic (exact) mass is 496 g/mol. The van der Waals surface area contributed by atoms with E-state index in [-0.39, 0.29) is 106 Å². The van der Waals surface area contributed by atoms with Gasteiger partial charge < -0.3 is 35.4 Å². The van der Waals surface area contributed by atoms with Crippen molar-refractivity contribution in [3.05, 3.63) is 12.7 Å². The number of ether oxygens (including phenoxy) is 1. The maximum absolute atomic E-state index is 11.5. The number of phosphoric acid groups is 2. The predicted octanol–water partition coefficient (Wildman–Crippen LogP) is -2.89. The van der Waals surface area contributed by atoms with Crippen molar-refractivity contribution < 1.29 is 47.6 Å². The van der Waals surface area contributed by atoms with Crippen LogP contribution in [0.5, 0.6) is 0 Å². The molecule has 1 aliphatic rings. The van der Waals surface area contributed by atoms with Crippen LogP contribution in [0.4, 0.5) is 5.82 Å². The molecule has 1 fully saturated rings. The minimum atomic E-state index is -5.29. The summed E-state index contributed by atoms with van der Waals surface area (Å²) in [6.45, 7) is -0.813. The minimum Gasteiger partial charge on any atom is -0.387 e. The summed E-state index contributed by atoms with van der Waals surface area (Å²) in [6, 6.07) is 0. The summed E-state index contributed by atoms with van der Waals surface area (Å²) >= 11 is 0. The maximum atomic E-state index is 11.5. The number of phosphoric ester groups is 1. The zero-order valence-electron chi connectivity index (χ0n) is 16.2. The Morgan fingerprint density at radius 2 is 1.73 bits per heavy atom. The molecule has 2 aromatic rings. The molecule has 0 spiro atoms. The third kappa shape index (κ3) is 7.50. The van der Waals surface area contributed by atoms with Gasteiger partial charge in [-0.25, -0.2) is 24.1 Å². The van der Waals surface area contributed by atoms with E-state index >= 15 is 0 Å². The molecule has 2 aromatic heterocycles. The molecule has 1 unspecified atom stereocenters. The van der Waals surface area contributed by atoms with Crippen LogP contribution in [0.1, 0.15) is 6.23 Å². The number of nitrogen functional groups attached to an aromatic ring is 1. The average molecular weight is 496 g/mol. The summed E-state index contributed by atoms with van der Waals surface area (Å²) in [6.07, 6.45) is -3.20. The molecule has 3 rings (SSSR count). The third-order valence-corrected chi connectivity index (χ3v) is 5.76. The fraction of sp³-hybridized carbons (Fsp3) is 0.500. The molecule has 20 heteroatoms. The number of anilines is 1. The van der Waals surface area contributed by atoms with Gasteiger partial charge >= 0.3 is 15.6 Å². The first kappa shape index (κ1) is 31.5. The smallest absolute Gasteiger partial charge is 0.387 e. The van der Waals surface area contributed by atoms with Crippen LogP contribution in [0, 0.1) is 0 Å². The summed E-state index contributed by atoms with van der Waals surface area (Å²) in [5.74, 6) is 0.0856. The molecule has 0 aromatic carbocycles. The number of aromatic nitrogens is 4. The Hall–Kier alpha value is 1.49. The zero-order chi connectivity index (χ0) is 20.0. The van der Waals surface area contributed by atoms with E-state index in [0.717, 1.165) is 6.33 Å². The fourth-order valence-electron chi connectivity index (χ4n) is 2.48. The molecule has 3 radical (unpaired) electrons. The largest absolute Gasteiger partial charge is 0.481 e. The van der Waals surface area contributed by atoms with Crippen LogP contribution >= 0.6 is 15.6 Å². The summed E-state index contributed by atoms with van der Waals surface area (Å²) in [5.41, 5.74) is 6.11. The minimum absolute atomic E-state index is 0. The van der Waals surface area contributed by atoms with Crippen LogP contribution in [0.15, 0.2) is 12.7 Å². The van der Waals surface area contributed by atoms with E-state index in [2.05, 4.69) is 23.8 Å². The van der Waals surface area contributed by atoms with Gasteiger partial charge in [0.2, 0.25) is 0 Å². The Morgan fingerprint density at radius 1 is 1.10 bits per heavy atom. The average Bonchev–Trinajstić information content (AvgIpc) is 3.07. The molecule has 3 heterocycles. The summed E-state index contributed by atoms with van der Waals surface area (Å²) in [4.78, 5) is 38.1. The molecule has 7 N–H and O–H groups in total. The molecule has 1 saturated heterocycles. The fourth-order valence-corrected chi connectivity index (χ4v) is 4.08. The van der Waals surface area contributed by atoms with E-state index in [0.29, 0.717) is 0 Å². The van der Waals surface area contributed by atoms with E-state index in [9.17, 15) is 24.2 Å². The predicted molar refractivity (Wildman–Crippen MR) is 102 cm³/mol. The topological polar surface area (TPSA) is 233 Å². The number of imidazole rings is 1. The number of nitrogens with two attached hydrogens (primary N) is 1. The number of rotatable bonds is 6. The van der Waals surface area contributed by atoms with Crippen LogP contribution < -0.4 is 5.73 Å². The van der Waals surface area contributed by atoms with E-state index in [1.54, 1.807) is 0 Å². The Bertz CT molecular complexity index is 946. The van der Waals surface area contributed by atoms with E-state index in [1.807, 2.05) is 0 Å². The molecule has 15 nitrogen and oxygen atoms in total. The number of aliphatic hydroxyl groups is 2. The summed E-state index contributed by atoms with van der Waals surface area (Å²) < 4.78 is 36.8. The number of hydrogen-bond donors (Lipinski definition) is 6. The standard InChI is InChI=1S/C10H15N5O10P2.3Na/c11-8-5-9(13-2-12-8)15(3-14-5)10-7(17)6(16)4(24-10)1-23-27(21,22)25-26(18,19)20;;;/h2-4,6-7,10,16-17H,1H2,(H,21,22)(H2,11,12,13)(H2,18,19,20);;;/t4-,6-,7-,10-;;;/m1.../s1. The van der Waals surface area contributed by atoms with Gasteiger partial charge in [0, 0.05) is 88.7 Å². The molecular weight excluding hydrogens is 481 g/mol. The number of fused-ring (bicyclic) bond motifs is 1. The van der Waals surface area contributed by atoms with Crippen molar-refractivity contribution in [2.45, 2.75) is 24.5 Å². The van der Waals surface area contributed by atoms with Gasteiger partial charge in [-0.2, -0.15) is 4.31 Å². The van der Waals surface area contributed by atoms with Crippen LogP contribution in [-0.4, -0.2) is 158 Å². The summed E-state index contributed by atoms with van der Waals surface area (Å²) in [5, 5.41) is 20.3. The second-order valence-corrected chi connectivity index (χ2v) is 8.30. The van der Waals surface area contributed by atoms with Crippen molar-refractivity contribution in [1.29, 1.82) is 0 Å². The van der Waals surface area contributed by atoms with E-state index in [1.165, 1.54) is 10.9 Å². The zero-order valence-corrected chi connectivity index (χ0v) is 24.0. The van der Waals surface area contributed by atoms with Crippen LogP contribution in [0.2, 0.25) is 0 Å².